The molecule has 0 aliphatic carbocycles. The summed E-state index contributed by atoms with van der Waals surface area (Å²) in [5, 5.41) is 12.0. The number of likely N-dealkylation sites (N-methyl/N-ethyl adjacent to an activating group) is 1. The summed E-state index contributed by atoms with van der Waals surface area (Å²) >= 11 is 1.67. The van der Waals surface area contributed by atoms with Crippen LogP contribution in [0, 0.1) is 6.92 Å². The second-order valence-corrected chi connectivity index (χ2v) is 4.01. The SMILES string of the molecule is CCN(CCO)Cc1csc(C)n1. The van der Waals surface area contributed by atoms with Gasteiger partial charge in [-0.25, -0.2) is 4.98 Å². The predicted molar refractivity (Wildman–Crippen MR) is 54.9 cm³/mol. The van der Waals surface area contributed by atoms with Gasteiger partial charge in [0.05, 0.1) is 17.3 Å². The van der Waals surface area contributed by atoms with Crippen LogP contribution in [-0.4, -0.2) is 34.7 Å². The maximum Gasteiger partial charge on any atom is 0.0897 e. The van der Waals surface area contributed by atoms with E-state index in [0.29, 0.717) is 0 Å². The molecular formula is C9H16N2OS. The van der Waals surface area contributed by atoms with E-state index in [1.165, 1.54) is 0 Å². The van der Waals surface area contributed by atoms with Gasteiger partial charge in [0, 0.05) is 18.5 Å². The molecule has 0 unspecified atom stereocenters. The van der Waals surface area contributed by atoms with Crippen LogP contribution in [0.3, 0.4) is 0 Å². The highest BCUT2D eigenvalue weighted by Gasteiger charge is 2.04. The van der Waals surface area contributed by atoms with Gasteiger partial charge in [-0.3, -0.25) is 4.90 Å². The Labute approximate surface area is 83.0 Å². The minimum Gasteiger partial charge on any atom is -0.395 e. The lowest BCUT2D eigenvalue weighted by atomic mass is 10.4. The van der Waals surface area contributed by atoms with Crippen LogP contribution in [0.4, 0.5) is 0 Å². The van der Waals surface area contributed by atoms with Crippen molar-refractivity contribution in [2.24, 2.45) is 0 Å². The van der Waals surface area contributed by atoms with E-state index in [2.05, 4.69) is 22.2 Å². The maximum absolute atomic E-state index is 8.79. The Balaban J connectivity index is 2.46. The smallest absolute Gasteiger partial charge is 0.0897 e. The third kappa shape index (κ3) is 3.42. The molecule has 0 saturated heterocycles. The van der Waals surface area contributed by atoms with Crippen LogP contribution >= 0.6 is 11.3 Å². The summed E-state index contributed by atoms with van der Waals surface area (Å²) in [4.78, 5) is 6.55. The van der Waals surface area contributed by atoms with Crippen molar-refractivity contribution >= 4 is 11.3 Å². The molecule has 1 N–H and O–H groups in total. The number of aromatic nitrogens is 1. The average molecular weight is 200 g/mol. The third-order valence-corrected chi connectivity index (χ3v) is 2.74. The molecule has 4 heteroatoms. The zero-order chi connectivity index (χ0) is 9.68. The summed E-state index contributed by atoms with van der Waals surface area (Å²) in [6.45, 7) is 6.86. The van der Waals surface area contributed by atoms with Crippen molar-refractivity contribution in [2.75, 3.05) is 19.7 Å². The monoisotopic (exact) mass is 200 g/mol. The largest absolute Gasteiger partial charge is 0.395 e. The van der Waals surface area contributed by atoms with Crippen molar-refractivity contribution in [1.82, 2.24) is 9.88 Å². The zero-order valence-corrected chi connectivity index (χ0v) is 8.97. The van der Waals surface area contributed by atoms with Gasteiger partial charge in [-0.1, -0.05) is 6.92 Å². The summed E-state index contributed by atoms with van der Waals surface area (Å²) in [5.74, 6) is 0. The van der Waals surface area contributed by atoms with Crippen molar-refractivity contribution in [3.05, 3.63) is 16.1 Å². The Bertz CT molecular complexity index is 250. The van der Waals surface area contributed by atoms with Crippen LogP contribution in [0.1, 0.15) is 17.6 Å². The topological polar surface area (TPSA) is 36.4 Å². The Morgan fingerprint density at radius 2 is 2.38 bits per heavy atom. The molecule has 1 aromatic rings. The van der Waals surface area contributed by atoms with Gasteiger partial charge in [0.1, 0.15) is 0 Å². The van der Waals surface area contributed by atoms with Crippen LogP contribution in [0.15, 0.2) is 5.38 Å². The molecule has 0 radical (unpaired) electrons. The maximum atomic E-state index is 8.79. The zero-order valence-electron chi connectivity index (χ0n) is 8.16. The van der Waals surface area contributed by atoms with E-state index in [4.69, 9.17) is 5.11 Å². The van der Waals surface area contributed by atoms with E-state index in [0.717, 1.165) is 30.3 Å². The highest BCUT2D eigenvalue weighted by atomic mass is 32.1. The molecule has 0 atom stereocenters. The Morgan fingerprint density at radius 3 is 2.85 bits per heavy atom. The highest BCUT2D eigenvalue weighted by molar-refractivity contribution is 7.09. The van der Waals surface area contributed by atoms with Crippen LogP contribution in [0.5, 0.6) is 0 Å². The predicted octanol–water partition coefficient (Wildman–Crippen LogP) is 1.27. The van der Waals surface area contributed by atoms with Crippen LogP contribution in [0.25, 0.3) is 0 Å². The lowest BCUT2D eigenvalue weighted by Gasteiger charge is -2.17. The van der Waals surface area contributed by atoms with Crippen molar-refractivity contribution in [3.63, 3.8) is 0 Å². The molecule has 0 spiro atoms. The molecule has 3 nitrogen and oxygen atoms in total. The number of hydrogen-bond donors (Lipinski definition) is 1. The first kappa shape index (κ1) is 10.6. The Morgan fingerprint density at radius 1 is 1.62 bits per heavy atom. The number of thiazole rings is 1. The van der Waals surface area contributed by atoms with Gasteiger partial charge >= 0.3 is 0 Å². The summed E-state index contributed by atoms with van der Waals surface area (Å²) in [6, 6.07) is 0. The number of rotatable bonds is 5. The van der Waals surface area contributed by atoms with Crippen molar-refractivity contribution in [2.45, 2.75) is 20.4 Å². The van der Waals surface area contributed by atoms with Gasteiger partial charge in [0.2, 0.25) is 0 Å². The first-order chi connectivity index (χ1) is 6.26. The second-order valence-electron chi connectivity index (χ2n) is 2.95. The quantitative estimate of drug-likeness (QED) is 0.777. The molecule has 0 aromatic carbocycles. The van der Waals surface area contributed by atoms with Gasteiger partial charge < -0.3 is 5.11 Å². The van der Waals surface area contributed by atoms with Gasteiger partial charge in [0.15, 0.2) is 0 Å². The minimum absolute atomic E-state index is 0.219. The van der Waals surface area contributed by atoms with E-state index in [-0.39, 0.29) is 6.61 Å². The van der Waals surface area contributed by atoms with Gasteiger partial charge in [-0.2, -0.15) is 0 Å². The summed E-state index contributed by atoms with van der Waals surface area (Å²) < 4.78 is 0. The number of hydrogen-bond acceptors (Lipinski definition) is 4. The Kier molecular flexibility index (Phi) is 4.35. The van der Waals surface area contributed by atoms with E-state index in [1.807, 2.05) is 6.92 Å². The molecule has 1 rings (SSSR count). The first-order valence-corrected chi connectivity index (χ1v) is 5.38. The third-order valence-electron chi connectivity index (χ3n) is 1.92. The van der Waals surface area contributed by atoms with Gasteiger partial charge in [0.25, 0.3) is 0 Å². The molecule has 0 saturated carbocycles. The van der Waals surface area contributed by atoms with Gasteiger partial charge in [-0.05, 0) is 13.5 Å². The molecule has 0 amide bonds. The molecule has 74 valence electrons. The van der Waals surface area contributed by atoms with Crippen molar-refractivity contribution in [3.8, 4) is 0 Å². The normalized spacial score (nSPS) is 11.1. The molecule has 0 bridgehead atoms. The van der Waals surface area contributed by atoms with E-state index in [1.54, 1.807) is 11.3 Å². The highest BCUT2D eigenvalue weighted by Crippen LogP contribution is 2.09. The fraction of sp³-hybridized carbons (Fsp3) is 0.667. The number of aliphatic hydroxyl groups is 1. The average Bonchev–Trinajstić information content (AvgIpc) is 2.50. The molecular weight excluding hydrogens is 184 g/mol. The summed E-state index contributed by atoms with van der Waals surface area (Å²) in [7, 11) is 0. The second kappa shape index (κ2) is 5.32. The van der Waals surface area contributed by atoms with E-state index >= 15 is 0 Å². The van der Waals surface area contributed by atoms with Crippen LogP contribution in [-0.2, 0) is 6.54 Å². The standard InChI is InChI=1S/C9H16N2OS/c1-3-11(4-5-12)6-9-7-13-8(2)10-9/h7,12H,3-6H2,1-2H3. The minimum atomic E-state index is 0.219. The number of nitrogens with zero attached hydrogens (tertiary/aromatic N) is 2. The molecule has 1 heterocycles. The lowest BCUT2D eigenvalue weighted by molar-refractivity contribution is 0.195. The molecule has 0 aliphatic heterocycles. The molecule has 13 heavy (non-hydrogen) atoms. The molecule has 0 fully saturated rings. The van der Waals surface area contributed by atoms with Crippen LogP contribution in [0.2, 0.25) is 0 Å². The summed E-state index contributed by atoms with van der Waals surface area (Å²) in [6.07, 6.45) is 0. The fourth-order valence-electron chi connectivity index (χ4n) is 1.20. The number of aryl methyl sites for hydroxylation is 1. The van der Waals surface area contributed by atoms with Crippen LogP contribution < -0.4 is 0 Å². The molecule has 1 aromatic heterocycles. The lowest BCUT2D eigenvalue weighted by Crippen LogP contribution is -2.26. The van der Waals surface area contributed by atoms with E-state index in [9.17, 15) is 0 Å². The number of aliphatic hydroxyl groups excluding tert-OH is 1. The van der Waals surface area contributed by atoms with Gasteiger partial charge in [-0.15, -0.1) is 11.3 Å². The molecule has 0 aliphatic rings. The van der Waals surface area contributed by atoms with Crippen molar-refractivity contribution in [1.29, 1.82) is 0 Å². The van der Waals surface area contributed by atoms with E-state index < -0.39 is 0 Å². The van der Waals surface area contributed by atoms with Crippen molar-refractivity contribution < 1.29 is 5.11 Å². The summed E-state index contributed by atoms with van der Waals surface area (Å²) in [5.41, 5.74) is 1.11. The first-order valence-electron chi connectivity index (χ1n) is 4.50. The fourth-order valence-corrected chi connectivity index (χ4v) is 1.80. The Hall–Kier alpha value is -0.450.